The average molecular weight is 540 g/mol. The molecular weight excluding hydrogens is 513 g/mol. The topological polar surface area (TPSA) is 104 Å². The summed E-state index contributed by atoms with van der Waals surface area (Å²) in [7, 11) is -8.80. The van der Waals surface area contributed by atoms with Crippen molar-refractivity contribution >= 4 is 21.7 Å². The number of carbonyl (C=O) groups excluding carboxylic acids is 1. The molecule has 0 unspecified atom stereocenters. The molecule has 1 aromatic carbocycles. The molecule has 0 saturated carbocycles. The fourth-order valence-corrected chi connectivity index (χ4v) is 3.91. The molecule has 0 atom stereocenters. The highest BCUT2D eigenvalue weighted by Gasteiger charge is 2.65. The number of benzene rings is 1. The van der Waals surface area contributed by atoms with Crippen LogP contribution in [0.2, 0.25) is 0 Å². The highest BCUT2D eigenvalue weighted by atomic mass is 32.5. The van der Waals surface area contributed by atoms with Crippen molar-refractivity contribution in [1.29, 1.82) is 5.41 Å². The smallest absolute Gasteiger partial charge is 0.310 e. The number of halogens is 5. The van der Waals surface area contributed by atoms with Crippen LogP contribution in [0.15, 0.2) is 35.2 Å². The van der Waals surface area contributed by atoms with Crippen LogP contribution in [0.5, 0.6) is 11.6 Å². The van der Waals surface area contributed by atoms with Gasteiger partial charge >= 0.3 is 10.2 Å². The maximum Gasteiger partial charge on any atom is 0.310 e. The molecule has 0 aliphatic heterocycles. The summed E-state index contributed by atoms with van der Waals surface area (Å²) in [6, 6.07) is 4.18. The molecule has 0 amide bonds. The minimum Gasteiger partial charge on any atom is -0.491 e. The van der Waals surface area contributed by atoms with Gasteiger partial charge in [-0.2, -0.15) is 4.52 Å². The number of ether oxygens (including phenoxy) is 3. The predicted octanol–water partition coefficient (Wildman–Crippen LogP) is 5.14. The Bertz CT molecular complexity index is 1320. The molecule has 2 heterocycles. The van der Waals surface area contributed by atoms with Gasteiger partial charge in [-0.15, -0.1) is 10.2 Å². The lowest BCUT2D eigenvalue weighted by Crippen LogP contribution is -2.26. The van der Waals surface area contributed by atoms with Crippen LogP contribution in [0.25, 0.3) is 5.65 Å². The fourth-order valence-electron chi connectivity index (χ4n) is 3.22. The molecule has 0 fully saturated rings. The summed E-state index contributed by atoms with van der Waals surface area (Å²) >= 11 is 0. The summed E-state index contributed by atoms with van der Waals surface area (Å²) in [5.74, 6) is -1.34. The molecule has 1 N–H and O–H groups in total. The first-order valence-electron chi connectivity index (χ1n) is 10.9. The summed E-state index contributed by atoms with van der Waals surface area (Å²) in [6.07, 6.45) is 1.37. The Labute approximate surface area is 203 Å². The molecule has 0 spiro atoms. The maximum absolute atomic E-state index is 13.5. The van der Waals surface area contributed by atoms with Crippen molar-refractivity contribution in [2.75, 3.05) is 20.3 Å². The minimum atomic E-state index is -10.1. The summed E-state index contributed by atoms with van der Waals surface area (Å²) in [4.78, 5) is 10.6. The summed E-state index contributed by atoms with van der Waals surface area (Å²) in [5, 5.41) is 16.5. The van der Waals surface area contributed by atoms with Crippen LogP contribution >= 0.6 is 10.2 Å². The van der Waals surface area contributed by atoms with E-state index in [0.29, 0.717) is 0 Å². The van der Waals surface area contributed by atoms with Gasteiger partial charge < -0.3 is 14.2 Å². The van der Waals surface area contributed by atoms with E-state index in [-0.39, 0.29) is 48.6 Å². The van der Waals surface area contributed by atoms with Gasteiger partial charge in [0.1, 0.15) is 23.8 Å². The fraction of sp³-hybridized carbons (Fsp3) is 0.429. The van der Waals surface area contributed by atoms with Crippen molar-refractivity contribution in [3.8, 4) is 11.6 Å². The number of nitrogens with zero attached hydrogens (tertiary/aromatic N) is 4. The van der Waals surface area contributed by atoms with Crippen molar-refractivity contribution in [1.82, 2.24) is 19.4 Å². The molecule has 0 aliphatic rings. The zero-order valence-electron chi connectivity index (χ0n) is 19.7. The Hall–Kier alpha value is -3.20. The van der Waals surface area contributed by atoms with Gasteiger partial charge in [-0.1, -0.05) is 33.3 Å². The van der Waals surface area contributed by atoms with Gasteiger partial charge in [-0.3, -0.25) is 10.2 Å². The first kappa shape index (κ1) is 27.4. The number of methoxy groups -OCH3 is 1. The second-order valence-electron chi connectivity index (χ2n) is 7.91. The lowest BCUT2D eigenvalue weighted by molar-refractivity contribution is 0.0964. The van der Waals surface area contributed by atoms with Crippen LogP contribution in [-0.2, 0) is 11.3 Å². The number of hydrogen-bond donors (Lipinski definition) is 1. The molecule has 15 heteroatoms. The van der Waals surface area contributed by atoms with Gasteiger partial charge in [-0.25, -0.2) is 4.68 Å². The van der Waals surface area contributed by atoms with Gasteiger partial charge in [-0.05, 0) is 31.0 Å². The van der Waals surface area contributed by atoms with Gasteiger partial charge in [0.25, 0.3) is 0 Å². The van der Waals surface area contributed by atoms with E-state index in [1.807, 2.05) is 13.8 Å². The van der Waals surface area contributed by atoms with Crippen LogP contribution < -0.4 is 15.1 Å². The van der Waals surface area contributed by atoms with E-state index in [1.54, 1.807) is 0 Å². The van der Waals surface area contributed by atoms with Crippen molar-refractivity contribution in [3.05, 3.63) is 41.5 Å². The van der Waals surface area contributed by atoms with Gasteiger partial charge in [0.2, 0.25) is 11.5 Å². The highest BCUT2D eigenvalue weighted by molar-refractivity contribution is 8.45. The third kappa shape index (κ3) is 6.51. The quantitative estimate of drug-likeness (QED) is 0.194. The average Bonchev–Trinajstić information content (AvgIpc) is 3.10. The molecule has 9 nitrogen and oxygen atoms in total. The molecule has 0 radical (unpaired) electrons. The number of hydrogen-bond acceptors (Lipinski definition) is 7. The zero-order valence-corrected chi connectivity index (χ0v) is 20.5. The molecule has 0 saturated heterocycles. The number of ketones is 1. The van der Waals surface area contributed by atoms with Crippen LogP contribution in [0.3, 0.4) is 0 Å². The number of rotatable bonds is 12. The van der Waals surface area contributed by atoms with E-state index >= 15 is 0 Å². The maximum atomic E-state index is 13.5. The Balaban J connectivity index is 1.95. The van der Waals surface area contributed by atoms with Crippen LogP contribution in [-0.4, -0.2) is 51.6 Å². The number of nitrogens with one attached hydrogen (secondary N) is 1. The Kier molecular flexibility index (Phi) is 7.11. The monoisotopic (exact) mass is 539 g/mol. The molecule has 0 aliphatic carbocycles. The lowest BCUT2D eigenvalue weighted by atomic mass is 10.1. The van der Waals surface area contributed by atoms with E-state index < -0.39 is 38.8 Å². The number of aromatic nitrogens is 4. The molecule has 2 aromatic heterocycles. The number of Topliss-reactive ketones (excluding diaryl/α,β-unsaturated/α-hetero) is 1. The second-order valence-corrected chi connectivity index (χ2v) is 10.3. The summed E-state index contributed by atoms with van der Waals surface area (Å²) in [6.45, 7) is 2.95. The third-order valence-electron chi connectivity index (χ3n) is 5.15. The third-order valence-corrected chi connectivity index (χ3v) is 6.28. The first-order chi connectivity index (χ1) is 16.6. The second kappa shape index (κ2) is 9.35. The number of fused-ring (bicyclic) bond motifs is 1. The van der Waals surface area contributed by atoms with Gasteiger partial charge in [0, 0.05) is 24.8 Å². The normalized spacial score (nSPS) is 14.0. The van der Waals surface area contributed by atoms with Gasteiger partial charge in [0.05, 0.1) is 12.7 Å². The van der Waals surface area contributed by atoms with Crippen molar-refractivity contribution in [3.63, 3.8) is 0 Å². The predicted molar refractivity (Wildman–Crippen MR) is 121 cm³/mol. The standard InChI is InChI=1S/C21H26F5N5O4S/c1-4-15(5-2)35-20-7-6-19-28-30(21(27)31(19)29-20)13-18(32)14-10-16(34-9-8-33-3)12-17(11-14)36(22,23,24,25)26/h6-7,10-12,15,27H,4-5,8-9,13H2,1-3H3. The van der Waals surface area contributed by atoms with Crippen LogP contribution in [0.4, 0.5) is 19.4 Å². The molecule has 3 rings (SSSR count). The minimum absolute atomic E-state index is 0.0147. The van der Waals surface area contributed by atoms with E-state index in [1.165, 1.54) is 19.2 Å². The molecule has 36 heavy (non-hydrogen) atoms. The van der Waals surface area contributed by atoms with E-state index in [2.05, 4.69) is 10.2 Å². The van der Waals surface area contributed by atoms with Crippen molar-refractivity contribution < 1.29 is 38.4 Å². The van der Waals surface area contributed by atoms with Crippen LogP contribution in [0.1, 0.15) is 37.0 Å². The summed E-state index contributed by atoms with van der Waals surface area (Å²) < 4.78 is 85.1. The van der Waals surface area contributed by atoms with E-state index in [4.69, 9.17) is 19.6 Å². The van der Waals surface area contributed by atoms with E-state index in [0.717, 1.165) is 28.1 Å². The lowest BCUT2D eigenvalue weighted by Gasteiger charge is -2.40. The highest BCUT2D eigenvalue weighted by Crippen LogP contribution is 3.02. The molecule has 0 bridgehead atoms. The number of carbonyl (C=O) groups is 1. The van der Waals surface area contributed by atoms with Crippen LogP contribution in [0, 0.1) is 5.41 Å². The molecular formula is C21H26F5N5O4S. The van der Waals surface area contributed by atoms with Crippen molar-refractivity contribution in [2.24, 2.45) is 0 Å². The molecule has 3 aromatic rings. The first-order valence-corrected chi connectivity index (χ1v) is 12.8. The summed E-state index contributed by atoms with van der Waals surface area (Å²) in [5.41, 5.74) is -0.870. The van der Waals surface area contributed by atoms with E-state index in [9.17, 15) is 24.2 Å². The Morgan fingerprint density at radius 2 is 1.75 bits per heavy atom. The van der Waals surface area contributed by atoms with Crippen molar-refractivity contribution in [2.45, 2.75) is 44.2 Å². The van der Waals surface area contributed by atoms with Gasteiger partial charge in [0.15, 0.2) is 11.4 Å². The Morgan fingerprint density at radius 1 is 1.06 bits per heavy atom. The Morgan fingerprint density at radius 3 is 2.36 bits per heavy atom. The molecule has 200 valence electrons. The largest absolute Gasteiger partial charge is 0.491 e. The SMILES string of the molecule is CCC(CC)Oc1ccc2nn(CC(=O)c3cc(OCCOC)cc(S(F)(F)(F)(F)F)c3)c(=N)n2n1. The zero-order chi connectivity index (χ0) is 26.8.